The molecule has 1 saturated heterocycles. The van der Waals surface area contributed by atoms with Gasteiger partial charge in [0, 0.05) is 30.5 Å². The average Bonchev–Trinajstić information content (AvgIpc) is 2.59. The molecule has 0 radical (unpaired) electrons. The summed E-state index contributed by atoms with van der Waals surface area (Å²) in [6.45, 7) is 2.37. The monoisotopic (exact) mass is 367 g/mol. The van der Waals surface area contributed by atoms with Crippen LogP contribution in [0, 0.1) is 23.4 Å². The lowest BCUT2D eigenvalue weighted by molar-refractivity contribution is -0.123. The molecule has 2 atom stereocenters. The Balaban J connectivity index is 1.63. The van der Waals surface area contributed by atoms with Crippen LogP contribution >= 0.6 is 0 Å². The number of nitrogens with two attached hydrogens (primary N) is 2. The Kier molecular flexibility index (Phi) is 5.67. The Hall–Kier alpha value is -1.86. The number of allylic oxidation sites excluding steroid dienone is 1. The van der Waals surface area contributed by atoms with E-state index < -0.39 is 17.5 Å². The molecular weight excluding hydrogens is 343 g/mol. The van der Waals surface area contributed by atoms with Gasteiger partial charge < -0.3 is 11.5 Å². The van der Waals surface area contributed by atoms with Crippen molar-refractivity contribution in [2.75, 3.05) is 19.6 Å². The minimum absolute atomic E-state index is 0.0467. The van der Waals surface area contributed by atoms with Crippen molar-refractivity contribution in [2.24, 2.45) is 17.4 Å². The summed E-state index contributed by atoms with van der Waals surface area (Å²) < 4.78 is 40.6. The summed E-state index contributed by atoms with van der Waals surface area (Å²) in [5, 5.41) is 0. The van der Waals surface area contributed by atoms with E-state index in [0.717, 1.165) is 44.1 Å². The Morgan fingerprint density at radius 2 is 1.77 bits per heavy atom. The Labute approximate surface area is 151 Å². The van der Waals surface area contributed by atoms with Crippen molar-refractivity contribution >= 4 is 5.91 Å². The van der Waals surface area contributed by atoms with Crippen molar-refractivity contribution in [3.63, 3.8) is 0 Å². The molecule has 4 N–H and O–H groups in total. The molecule has 4 nitrogen and oxygen atoms in total. The summed E-state index contributed by atoms with van der Waals surface area (Å²) in [5.74, 6) is -3.65. The number of carbonyl (C=O) groups is 1. The van der Waals surface area contributed by atoms with Gasteiger partial charge in [0.15, 0.2) is 11.6 Å². The smallest absolute Gasteiger partial charge is 0.220 e. The van der Waals surface area contributed by atoms with Gasteiger partial charge in [-0.2, -0.15) is 0 Å². The summed E-state index contributed by atoms with van der Waals surface area (Å²) in [4.78, 5) is 13.5. The number of halogens is 3. The quantitative estimate of drug-likeness (QED) is 0.634. The lowest BCUT2D eigenvalue weighted by atomic mass is 9.80. The topological polar surface area (TPSA) is 72.4 Å². The van der Waals surface area contributed by atoms with E-state index in [1.165, 1.54) is 0 Å². The Morgan fingerprint density at radius 3 is 2.38 bits per heavy atom. The molecular formula is C19H24F3N3O. The van der Waals surface area contributed by atoms with Crippen LogP contribution in [0.2, 0.25) is 0 Å². The highest BCUT2D eigenvalue weighted by atomic mass is 19.2. The molecule has 2 aliphatic rings. The number of nitrogens with zero attached hydrogens (tertiary/aromatic N) is 1. The second kappa shape index (κ2) is 7.80. The van der Waals surface area contributed by atoms with Gasteiger partial charge in [-0.1, -0.05) is 11.6 Å². The zero-order chi connectivity index (χ0) is 18.8. The van der Waals surface area contributed by atoms with E-state index in [1.54, 1.807) is 0 Å². The molecule has 1 aliphatic carbocycles. The molecule has 2 unspecified atom stereocenters. The van der Waals surface area contributed by atoms with Gasteiger partial charge >= 0.3 is 0 Å². The van der Waals surface area contributed by atoms with Gasteiger partial charge in [-0.25, -0.2) is 13.2 Å². The van der Waals surface area contributed by atoms with Crippen LogP contribution in [0.5, 0.6) is 0 Å². The van der Waals surface area contributed by atoms with E-state index in [4.69, 9.17) is 11.5 Å². The van der Waals surface area contributed by atoms with Gasteiger partial charge in [0.25, 0.3) is 0 Å². The van der Waals surface area contributed by atoms with Crippen LogP contribution in [0.25, 0.3) is 0 Å². The lowest BCUT2D eigenvalue weighted by Gasteiger charge is -2.34. The summed E-state index contributed by atoms with van der Waals surface area (Å²) in [6.07, 6.45) is 4.62. The molecule has 1 aromatic carbocycles. The summed E-state index contributed by atoms with van der Waals surface area (Å²) >= 11 is 0. The number of piperidine rings is 1. The fourth-order valence-corrected chi connectivity index (χ4v) is 3.97. The number of carbonyl (C=O) groups excluding carboxylic acids is 1. The van der Waals surface area contributed by atoms with E-state index in [1.807, 2.05) is 6.08 Å². The molecule has 7 heteroatoms. The lowest BCUT2D eigenvalue weighted by Crippen LogP contribution is -2.40. The van der Waals surface area contributed by atoms with Gasteiger partial charge in [-0.05, 0) is 50.4 Å². The molecule has 1 aliphatic heterocycles. The number of primary amides is 1. The number of hydrogen-bond acceptors (Lipinski definition) is 3. The van der Waals surface area contributed by atoms with Crippen LogP contribution in [-0.2, 0) is 4.79 Å². The fourth-order valence-electron chi connectivity index (χ4n) is 3.97. The predicted molar refractivity (Wildman–Crippen MR) is 92.7 cm³/mol. The highest BCUT2D eigenvalue weighted by Crippen LogP contribution is 2.34. The largest absolute Gasteiger partial charge is 0.369 e. The van der Waals surface area contributed by atoms with Crippen LogP contribution in [-0.4, -0.2) is 36.5 Å². The van der Waals surface area contributed by atoms with Crippen molar-refractivity contribution in [1.82, 2.24) is 4.90 Å². The molecule has 0 spiro atoms. The third kappa shape index (κ3) is 4.10. The number of likely N-dealkylation sites (tertiary alicyclic amines) is 1. The summed E-state index contributed by atoms with van der Waals surface area (Å²) in [7, 11) is 0. The summed E-state index contributed by atoms with van der Waals surface area (Å²) in [5.41, 5.74) is 12.9. The van der Waals surface area contributed by atoms with E-state index in [9.17, 15) is 18.0 Å². The normalized spacial score (nSPS) is 25.2. The van der Waals surface area contributed by atoms with E-state index in [-0.39, 0.29) is 29.3 Å². The molecule has 0 bridgehead atoms. The molecule has 1 amide bonds. The number of rotatable bonds is 4. The maximum atomic E-state index is 14.0. The molecule has 3 rings (SSSR count). The Bertz CT molecular complexity index is 714. The molecule has 1 fully saturated rings. The van der Waals surface area contributed by atoms with Crippen molar-refractivity contribution in [1.29, 1.82) is 0 Å². The maximum Gasteiger partial charge on any atom is 0.220 e. The van der Waals surface area contributed by atoms with Crippen molar-refractivity contribution < 1.29 is 18.0 Å². The molecule has 142 valence electrons. The van der Waals surface area contributed by atoms with Gasteiger partial charge in [0.05, 0.1) is 0 Å². The SMILES string of the molecule is NC(=O)C1CCN(CC2=CCC(c3cc(F)c(F)cc3F)C(N)C2)CC1. The van der Waals surface area contributed by atoms with Crippen LogP contribution < -0.4 is 11.5 Å². The standard InChI is InChI=1S/C19H24F3N3O/c20-15-9-17(22)16(21)8-14(15)13-2-1-11(7-18(13)23)10-25-5-3-12(4-6-25)19(24)26/h1,8-9,12-13,18H,2-7,10,23H2,(H2,24,26). The third-order valence-electron chi connectivity index (χ3n) is 5.53. The van der Waals surface area contributed by atoms with Crippen LogP contribution in [0.4, 0.5) is 13.2 Å². The van der Waals surface area contributed by atoms with Crippen molar-refractivity contribution in [3.8, 4) is 0 Å². The number of benzene rings is 1. The van der Waals surface area contributed by atoms with Gasteiger partial charge in [-0.3, -0.25) is 9.69 Å². The fraction of sp³-hybridized carbons (Fsp3) is 0.526. The van der Waals surface area contributed by atoms with Crippen molar-refractivity contribution in [2.45, 2.75) is 37.6 Å². The number of amides is 1. The highest BCUT2D eigenvalue weighted by Gasteiger charge is 2.29. The van der Waals surface area contributed by atoms with E-state index in [0.29, 0.717) is 18.9 Å². The molecule has 26 heavy (non-hydrogen) atoms. The molecule has 0 saturated carbocycles. The molecule has 1 heterocycles. The third-order valence-corrected chi connectivity index (χ3v) is 5.53. The van der Waals surface area contributed by atoms with Crippen LogP contribution in [0.1, 0.15) is 37.2 Å². The second-order valence-corrected chi connectivity index (χ2v) is 7.31. The minimum atomic E-state index is -1.19. The Morgan fingerprint density at radius 1 is 1.12 bits per heavy atom. The molecule has 1 aromatic rings. The first-order valence-electron chi connectivity index (χ1n) is 8.94. The van der Waals surface area contributed by atoms with Crippen molar-refractivity contribution in [3.05, 3.63) is 46.8 Å². The first kappa shape index (κ1) is 18.9. The van der Waals surface area contributed by atoms with Crippen LogP contribution in [0.15, 0.2) is 23.8 Å². The first-order chi connectivity index (χ1) is 12.3. The minimum Gasteiger partial charge on any atom is -0.369 e. The van der Waals surface area contributed by atoms with Gasteiger partial charge in [0.1, 0.15) is 5.82 Å². The van der Waals surface area contributed by atoms with E-state index >= 15 is 0 Å². The zero-order valence-electron chi connectivity index (χ0n) is 14.6. The first-order valence-corrected chi connectivity index (χ1v) is 8.94. The number of hydrogen-bond donors (Lipinski definition) is 2. The zero-order valence-corrected chi connectivity index (χ0v) is 14.6. The summed E-state index contributed by atoms with van der Waals surface area (Å²) in [6, 6.07) is 1.15. The second-order valence-electron chi connectivity index (χ2n) is 7.31. The highest BCUT2D eigenvalue weighted by molar-refractivity contribution is 5.76. The van der Waals surface area contributed by atoms with E-state index in [2.05, 4.69) is 4.90 Å². The van der Waals surface area contributed by atoms with Gasteiger partial charge in [0.2, 0.25) is 5.91 Å². The predicted octanol–water partition coefficient (Wildman–Crippen LogP) is 2.43. The average molecular weight is 367 g/mol. The van der Waals surface area contributed by atoms with Crippen LogP contribution in [0.3, 0.4) is 0 Å². The van der Waals surface area contributed by atoms with Gasteiger partial charge in [-0.15, -0.1) is 0 Å². The molecule has 0 aromatic heterocycles. The maximum absolute atomic E-state index is 14.0.